The van der Waals surface area contributed by atoms with Gasteiger partial charge in [0.1, 0.15) is 28.5 Å². The Labute approximate surface area is 247 Å². The number of thiophene rings is 1. The van der Waals surface area contributed by atoms with Crippen LogP contribution < -0.4 is 9.64 Å². The van der Waals surface area contributed by atoms with Gasteiger partial charge in [-0.1, -0.05) is 18.2 Å². The van der Waals surface area contributed by atoms with Gasteiger partial charge in [0.05, 0.1) is 49.4 Å². The highest BCUT2D eigenvalue weighted by atomic mass is 32.1. The Kier molecular flexibility index (Phi) is 7.91. The summed E-state index contributed by atoms with van der Waals surface area (Å²) < 4.78 is 28.6. The number of rotatable bonds is 8. The number of Topliss-reactive ketones (excluding diaryl/α,β-unsaturated/α-hetero) is 1. The minimum Gasteiger partial charge on any atom is -0.496 e. The molecule has 42 heavy (non-hydrogen) atoms. The standard InChI is InChI=1S/C31H34N2O8S/c1-18-24-26(34)31(11-8-19(16-31)29(35)38-3)30(36)33(28(24)42-25(18)27-32-12-15-40-27)17-23(41-20-9-13-39-14-10-20)21-6-4-5-7-22(21)37-2/h4-7,12,15,19-20,23H,8-11,13-14,16-17H2,1-3H3. The van der Waals surface area contributed by atoms with Crippen LogP contribution in [0.5, 0.6) is 5.75 Å². The van der Waals surface area contributed by atoms with E-state index in [2.05, 4.69) is 4.98 Å². The molecule has 1 saturated heterocycles. The molecule has 0 radical (unpaired) electrons. The Morgan fingerprint density at radius 3 is 2.69 bits per heavy atom. The molecule has 3 atom stereocenters. The molecule has 222 valence electrons. The monoisotopic (exact) mass is 594 g/mol. The van der Waals surface area contributed by atoms with Crippen molar-refractivity contribution in [3.05, 3.63) is 53.4 Å². The molecule has 1 amide bonds. The Morgan fingerprint density at radius 1 is 1.19 bits per heavy atom. The average molecular weight is 595 g/mol. The highest BCUT2D eigenvalue weighted by Crippen LogP contribution is 2.55. The van der Waals surface area contributed by atoms with Crippen LogP contribution in [0.25, 0.3) is 10.8 Å². The van der Waals surface area contributed by atoms with E-state index in [1.54, 1.807) is 18.2 Å². The van der Waals surface area contributed by atoms with E-state index in [9.17, 15) is 14.4 Å². The number of fused-ring (bicyclic) bond motifs is 1. The summed E-state index contributed by atoms with van der Waals surface area (Å²) in [5.41, 5.74) is 0.630. The number of ketones is 1. The van der Waals surface area contributed by atoms with Crippen LogP contribution in [0.2, 0.25) is 0 Å². The van der Waals surface area contributed by atoms with Gasteiger partial charge in [-0.2, -0.15) is 0 Å². The number of oxazole rings is 1. The van der Waals surface area contributed by atoms with Crippen LogP contribution in [-0.4, -0.2) is 62.7 Å². The van der Waals surface area contributed by atoms with Gasteiger partial charge in [0.15, 0.2) is 5.78 Å². The van der Waals surface area contributed by atoms with E-state index < -0.39 is 23.4 Å². The first-order valence-electron chi connectivity index (χ1n) is 14.2. The molecule has 1 spiro atoms. The molecule has 11 heteroatoms. The maximum Gasteiger partial charge on any atom is 0.308 e. The predicted molar refractivity (Wildman–Crippen MR) is 154 cm³/mol. The summed E-state index contributed by atoms with van der Waals surface area (Å²) in [6, 6.07) is 7.63. The second-order valence-electron chi connectivity index (χ2n) is 11.0. The van der Waals surface area contributed by atoms with Crippen molar-refractivity contribution in [2.24, 2.45) is 11.3 Å². The quantitative estimate of drug-likeness (QED) is 0.258. The number of carbonyl (C=O) groups is 3. The third-order valence-corrected chi connectivity index (χ3v) is 10.0. The van der Waals surface area contributed by atoms with Crippen LogP contribution in [0.4, 0.5) is 5.00 Å². The predicted octanol–water partition coefficient (Wildman–Crippen LogP) is 5.15. The van der Waals surface area contributed by atoms with Crippen molar-refractivity contribution in [2.45, 2.75) is 51.2 Å². The van der Waals surface area contributed by atoms with Crippen LogP contribution in [0.3, 0.4) is 0 Å². The summed E-state index contributed by atoms with van der Waals surface area (Å²) in [6.07, 6.45) is 4.68. The van der Waals surface area contributed by atoms with Crippen molar-refractivity contribution in [1.29, 1.82) is 0 Å². The molecule has 1 aliphatic carbocycles. The number of hydrogen-bond donors (Lipinski definition) is 0. The van der Waals surface area contributed by atoms with Gasteiger partial charge in [0.2, 0.25) is 11.8 Å². The third-order valence-electron chi connectivity index (χ3n) is 8.72. The van der Waals surface area contributed by atoms with Gasteiger partial charge in [-0.25, -0.2) is 4.98 Å². The topological polar surface area (TPSA) is 117 Å². The zero-order valence-electron chi connectivity index (χ0n) is 23.9. The molecule has 0 N–H and O–H groups in total. The fraction of sp³-hybridized carbons (Fsp3) is 0.484. The van der Waals surface area contributed by atoms with E-state index in [0.717, 1.165) is 18.4 Å². The molecule has 2 aromatic heterocycles. The van der Waals surface area contributed by atoms with Crippen molar-refractivity contribution in [3.63, 3.8) is 0 Å². The van der Waals surface area contributed by atoms with Gasteiger partial charge in [-0.15, -0.1) is 11.3 Å². The summed E-state index contributed by atoms with van der Waals surface area (Å²) in [6.45, 7) is 3.22. The first kappa shape index (κ1) is 28.6. The number of aromatic nitrogens is 1. The SMILES string of the molecule is COC(=O)C1CCC2(C1)C(=O)c1c(sc(-c3ncco3)c1C)N(CC(OC1CCOCC1)c1ccccc1OC)C2=O. The van der Waals surface area contributed by atoms with Crippen LogP contribution in [-0.2, 0) is 23.8 Å². The molecule has 1 aromatic carbocycles. The molecule has 1 saturated carbocycles. The summed E-state index contributed by atoms with van der Waals surface area (Å²) in [5, 5.41) is 0.540. The lowest BCUT2D eigenvalue weighted by molar-refractivity contribution is -0.145. The average Bonchev–Trinajstić information content (AvgIpc) is 3.78. The smallest absolute Gasteiger partial charge is 0.308 e. The summed E-state index contributed by atoms with van der Waals surface area (Å²) in [5.74, 6) is -0.459. The number of amides is 1. The lowest BCUT2D eigenvalue weighted by Crippen LogP contribution is -2.53. The molecular formula is C31H34N2O8S. The summed E-state index contributed by atoms with van der Waals surface area (Å²) in [7, 11) is 2.94. The number of benzene rings is 1. The Hall–Kier alpha value is -3.54. The molecule has 6 rings (SSSR count). The van der Waals surface area contributed by atoms with Gasteiger partial charge >= 0.3 is 5.97 Å². The van der Waals surface area contributed by atoms with E-state index in [-0.39, 0.29) is 37.2 Å². The van der Waals surface area contributed by atoms with Crippen LogP contribution in [0.1, 0.15) is 59.7 Å². The molecule has 2 fully saturated rings. The molecule has 3 aromatic rings. The minimum atomic E-state index is -1.37. The van der Waals surface area contributed by atoms with E-state index in [1.165, 1.54) is 24.7 Å². The lowest BCUT2D eigenvalue weighted by Gasteiger charge is -2.40. The number of hydrogen-bond acceptors (Lipinski definition) is 10. The highest BCUT2D eigenvalue weighted by molar-refractivity contribution is 7.20. The molecule has 0 bridgehead atoms. The fourth-order valence-electron chi connectivity index (χ4n) is 6.52. The van der Waals surface area contributed by atoms with E-state index in [4.69, 9.17) is 23.4 Å². The summed E-state index contributed by atoms with van der Waals surface area (Å²) in [4.78, 5) is 48.2. The van der Waals surface area contributed by atoms with Crippen LogP contribution in [0.15, 0.2) is 41.1 Å². The number of esters is 1. The first-order valence-corrected chi connectivity index (χ1v) is 15.0. The summed E-state index contributed by atoms with van der Waals surface area (Å²) >= 11 is 1.31. The largest absolute Gasteiger partial charge is 0.496 e. The van der Waals surface area contributed by atoms with Gasteiger partial charge in [0, 0.05) is 18.8 Å². The maximum atomic E-state index is 14.6. The van der Waals surface area contributed by atoms with Crippen molar-refractivity contribution >= 4 is 34.0 Å². The fourth-order valence-corrected chi connectivity index (χ4v) is 7.77. The number of nitrogens with zero attached hydrogens (tertiary/aromatic N) is 2. The van der Waals surface area contributed by atoms with Crippen molar-refractivity contribution in [1.82, 2.24) is 4.98 Å². The van der Waals surface area contributed by atoms with Gasteiger partial charge in [-0.3, -0.25) is 19.3 Å². The van der Waals surface area contributed by atoms with E-state index >= 15 is 0 Å². The van der Waals surface area contributed by atoms with E-state index in [1.807, 2.05) is 31.2 Å². The van der Waals surface area contributed by atoms with Crippen LogP contribution in [0, 0.1) is 18.3 Å². The number of methoxy groups -OCH3 is 2. The van der Waals surface area contributed by atoms with Crippen molar-refractivity contribution in [2.75, 3.05) is 38.9 Å². The number of para-hydroxylation sites is 1. The normalized spacial score (nSPS) is 23.3. The lowest BCUT2D eigenvalue weighted by atomic mass is 9.74. The number of carbonyl (C=O) groups excluding carboxylic acids is 3. The van der Waals surface area contributed by atoms with E-state index in [0.29, 0.717) is 52.3 Å². The molecule has 10 nitrogen and oxygen atoms in total. The molecule has 2 aliphatic heterocycles. The van der Waals surface area contributed by atoms with Gasteiger partial charge in [0.25, 0.3) is 0 Å². The molecule has 4 heterocycles. The van der Waals surface area contributed by atoms with Crippen molar-refractivity contribution in [3.8, 4) is 16.5 Å². The Morgan fingerprint density at radius 2 is 1.98 bits per heavy atom. The zero-order chi connectivity index (χ0) is 29.4. The minimum absolute atomic E-state index is 0.0632. The second kappa shape index (κ2) is 11.6. The third kappa shape index (κ3) is 4.83. The maximum absolute atomic E-state index is 14.6. The molecule has 3 unspecified atom stereocenters. The second-order valence-corrected chi connectivity index (χ2v) is 12.0. The number of anilines is 1. The Bertz CT molecular complexity index is 1480. The van der Waals surface area contributed by atoms with Gasteiger partial charge < -0.3 is 23.4 Å². The molecular weight excluding hydrogens is 560 g/mol. The Balaban J connectivity index is 1.46. The highest BCUT2D eigenvalue weighted by Gasteiger charge is 2.59. The number of ether oxygens (including phenoxy) is 4. The molecule has 3 aliphatic rings. The zero-order valence-corrected chi connectivity index (χ0v) is 24.7. The first-order chi connectivity index (χ1) is 20.4. The van der Waals surface area contributed by atoms with Gasteiger partial charge in [-0.05, 0) is 50.7 Å². The van der Waals surface area contributed by atoms with Crippen LogP contribution >= 0.6 is 11.3 Å². The van der Waals surface area contributed by atoms with Crippen molar-refractivity contribution < 1.29 is 37.7 Å².